The molecule has 0 heterocycles. The van der Waals surface area contributed by atoms with Crippen molar-refractivity contribution in [1.82, 2.24) is 0 Å². The van der Waals surface area contributed by atoms with Gasteiger partial charge in [-0.1, -0.05) is 13.3 Å². The highest BCUT2D eigenvalue weighted by molar-refractivity contribution is 6.67. The highest BCUT2D eigenvalue weighted by Gasteiger charge is 2.31. The van der Waals surface area contributed by atoms with E-state index in [1.807, 2.05) is 0 Å². The lowest BCUT2D eigenvalue weighted by atomic mass is 10.3. The van der Waals surface area contributed by atoms with Crippen LogP contribution in [0, 0.1) is 29.1 Å². The molecule has 0 fully saturated rings. The average molecular weight is 270 g/mol. The first kappa shape index (κ1) is 14.1. The SMILES string of the molecule is CCC[SiH](OC)c1c(F)c(F)c(F)c(F)c1F. The van der Waals surface area contributed by atoms with Crippen LogP contribution in [0.1, 0.15) is 13.3 Å². The molecule has 1 aromatic rings. The van der Waals surface area contributed by atoms with Crippen molar-refractivity contribution in [2.24, 2.45) is 0 Å². The standard InChI is InChI=1S/C10H11F5OSi/c1-3-4-17(16-2)10-8(14)6(12)5(11)7(13)9(10)15/h17H,3-4H2,1-2H3. The van der Waals surface area contributed by atoms with Crippen LogP contribution in [0.15, 0.2) is 0 Å². The predicted octanol–water partition coefficient (Wildman–Crippen LogP) is 2.37. The van der Waals surface area contributed by atoms with Gasteiger partial charge in [-0.3, -0.25) is 0 Å². The summed E-state index contributed by atoms with van der Waals surface area (Å²) in [6.07, 6.45) is 0.546. The fourth-order valence-electron chi connectivity index (χ4n) is 1.55. The van der Waals surface area contributed by atoms with Gasteiger partial charge in [0.2, 0.25) is 14.9 Å². The molecule has 7 heteroatoms. The van der Waals surface area contributed by atoms with Crippen molar-refractivity contribution in [3.05, 3.63) is 29.1 Å². The Labute approximate surface area is 96.9 Å². The van der Waals surface area contributed by atoms with Gasteiger partial charge in [-0.15, -0.1) is 0 Å². The average Bonchev–Trinajstić information content (AvgIpc) is 2.33. The molecule has 17 heavy (non-hydrogen) atoms. The maximum absolute atomic E-state index is 13.4. The van der Waals surface area contributed by atoms with Gasteiger partial charge in [0, 0.05) is 12.3 Å². The maximum atomic E-state index is 13.4. The Bertz CT molecular complexity index is 395. The number of halogens is 5. The first-order valence-corrected chi connectivity index (χ1v) is 6.86. The van der Waals surface area contributed by atoms with Crippen LogP contribution < -0.4 is 5.19 Å². The zero-order valence-corrected chi connectivity index (χ0v) is 10.4. The third kappa shape index (κ3) is 2.49. The Kier molecular flexibility index (Phi) is 4.64. The Morgan fingerprint density at radius 2 is 1.29 bits per heavy atom. The first-order chi connectivity index (χ1) is 7.95. The van der Waals surface area contributed by atoms with E-state index in [0.717, 1.165) is 0 Å². The Hall–Kier alpha value is -0.953. The van der Waals surface area contributed by atoms with Gasteiger partial charge >= 0.3 is 0 Å². The quantitative estimate of drug-likeness (QED) is 0.353. The molecule has 0 N–H and O–H groups in total. The third-order valence-corrected chi connectivity index (χ3v) is 5.22. The van der Waals surface area contributed by atoms with Crippen molar-refractivity contribution >= 4 is 14.2 Å². The Balaban J connectivity index is 3.41. The fraction of sp³-hybridized carbons (Fsp3) is 0.400. The van der Waals surface area contributed by atoms with Crippen LogP contribution >= 0.6 is 0 Å². The van der Waals surface area contributed by atoms with E-state index >= 15 is 0 Å². The second-order valence-electron chi connectivity index (χ2n) is 3.50. The van der Waals surface area contributed by atoms with Gasteiger partial charge in [-0.25, -0.2) is 22.0 Å². The van der Waals surface area contributed by atoms with Crippen LogP contribution in [0.25, 0.3) is 0 Å². The molecule has 1 unspecified atom stereocenters. The van der Waals surface area contributed by atoms with Crippen LogP contribution in [0.3, 0.4) is 0 Å². The van der Waals surface area contributed by atoms with Gasteiger partial charge in [0.1, 0.15) is 0 Å². The minimum atomic E-state index is -2.62. The first-order valence-electron chi connectivity index (χ1n) is 4.99. The van der Waals surface area contributed by atoms with E-state index in [0.29, 0.717) is 12.5 Å². The zero-order valence-electron chi connectivity index (χ0n) is 9.29. The molecule has 0 spiro atoms. The van der Waals surface area contributed by atoms with E-state index in [-0.39, 0.29) is 0 Å². The highest BCUT2D eigenvalue weighted by atomic mass is 28.3. The van der Waals surface area contributed by atoms with Gasteiger partial charge < -0.3 is 4.43 Å². The third-order valence-electron chi connectivity index (χ3n) is 2.40. The monoisotopic (exact) mass is 270 g/mol. The molecule has 0 aliphatic rings. The molecule has 0 saturated carbocycles. The topological polar surface area (TPSA) is 9.23 Å². The maximum Gasteiger partial charge on any atom is 0.214 e. The Morgan fingerprint density at radius 1 is 0.882 bits per heavy atom. The molecule has 0 saturated heterocycles. The van der Waals surface area contributed by atoms with E-state index in [2.05, 4.69) is 0 Å². The summed E-state index contributed by atoms with van der Waals surface area (Å²) >= 11 is 0. The van der Waals surface area contributed by atoms with Gasteiger partial charge in [-0.05, 0) is 6.04 Å². The number of rotatable bonds is 4. The fourth-order valence-corrected chi connectivity index (χ4v) is 3.65. The molecule has 0 aromatic heterocycles. The number of hydrogen-bond donors (Lipinski definition) is 0. The molecule has 0 amide bonds. The summed E-state index contributed by atoms with van der Waals surface area (Å²) in [6.45, 7) is 1.74. The summed E-state index contributed by atoms with van der Waals surface area (Å²) in [5.41, 5.74) is 0. The summed E-state index contributed by atoms with van der Waals surface area (Å²) in [6, 6.07) is 0.300. The molecule has 0 bridgehead atoms. The van der Waals surface area contributed by atoms with Crippen molar-refractivity contribution in [2.45, 2.75) is 19.4 Å². The Morgan fingerprint density at radius 3 is 1.65 bits per heavy atom. The van der Waals surface area contributed by atoms with Crippen molar-refractivity contribution in [2.75, 3.05) is 7.11 Å². The van der Waals surface area contributed by atoms with E-state index in [1.165, 1.54) is 7.11 Å². The lowest BCUT2D eigenvalue weighted by Crippen LogP contribution is -2.39. The van der Waals surface area contributed by atoms with Crippen LogP contribution in [0.4, 0.5) is 22.0 Å². The molecule has 0 aliphatic heterocycles. The molecular formula is C10H11F5OSi. The summed E-state index contributed by atoms with van der Waals surface area (Å²) in [5, 5.41) is -0.772. The smallest absolute Gasteiger partial charge is 0.214 e. The molecule has 96 valence electrons. The summed E-state index contributed by atoms with van der Waals surface area (Å²) < 4.78 is 70.4. The second-order valence-corrected chi connectivity index (χ2v) is 6.10. The van der Waals surface area contributed by atoms with Crippen molar-refractivity contribution in [3.63, 3.8) is 0 Å². The number of hydrogen-bond acceptors (Lipinski definition) is 1. The molecule has 0 radical (unpaired) electrons. The van der Waals surface area contributed by atoms with Gasteiger partial charge in [-0.2, -0.15) is 0 Å². The molecule has 1 aromatic carbocycles. The van der Waals surface area contributed by atoms with E-state index in [9.17, 15) is 22.0 Å². The highest BCUT2D eigenvalue weighted by Crippen LogP contribution is 2.18. The predicted molar refractivity (Wildman–Crippen MR) is 55.1 cm³/mol. The van der Waals surface area contributed by atoms with Crippen LogP contribution in [0.2, 0.25) is 6.04 Å². The largest absolute Gasteiger partial charge is 0.418 e. The summed E-state index contributed by atoms with van der Waals surface area (Å²) in [4.78, 5) is 0. The zero-order chi connectivity index (χ0) is 13.2. The second kappa shape index (κ2) is 5.59. The summed E-state index contributed by atoms with van der Waals surface area (Å²) in [7, 11) is -1.41. The van der Waals surface area contributed by atoms with E-state index in [1.54, 1.807) is 6.92 Å². The molecule has 0 aliphatic carbocycles. The minimum Gasteiger partial charge on any atom is -0.418 e. The van der Waals surface area contributed by atoms with Crippen LogP contribution in [-0.2, 0) is 4.43 Å². The van der Waals surface area contributed by atoms with Gasteiger partial charge in [0.05, 0.1) is 0 Å². The lowest BCUT2D eigenvalue weighted by Gasteiger charge is -2.15. The van der Waals surface area contributed by atoms with E-state index in [4.69, 9.17) is 4.43 Å². The van der Waals surface area contributed by atoms with Crippen molar-refractivity contribution < 1.29 is 26.4 Å². The minimum absolute atomic E-state index is 0.300. The lowest BCUT2D eigenvalue weighted by molar-refractivity contribution is 0.377. The van der Waals surface area contributed by atoms with E-state index < -0.39 is 43.3 Å². The molecular weight excluding hydrogens is 259 g/mol. The van der Waals surface area contributed by atoms with Gasteiger partial charge in [0.15, 0.2) is 23.3 Å². The number of benzene rings is 1. The van der Waals surface area contributed by atoms with Crippen molar-refractivity contribution in [1.29, 1.82) is 0 Å². The van der Waals surface area contributed by atoms with Crippen molar-refractivity contribution in [3.8, 4) is 0 Å². The van der Waals surface area contributed by atoms with Gasteiger partial charge in [0.25, 0.3) is 0 Å². The van der Waals surface area contributed by atoms with Crippen LogP contribution in [-0.4, -0.2) is 16.2 Å². The van der Waals surface area contributed by atoms with Crippen LogP contribution in [0.5, 0.6) is 0 Å². The molecule has 1 nitrogen and oxygen atoms in total. The molecule has 1 atom stereocenters. The normalized spacial score (nSPS) is 12.9. The molecule has 1 rings (SSSR count). The summed E-state index contributed by atoms with van der Waals surface area (Å²) in [5.74, 6) is -9.50.